The molecule has 10 nitrogen and oxygen atoms in total. The predicted octanol–water partition coefficient (Wildman–Crippen LogP) is -1.47. The van der Waals surface area contributed by atoms with Gasteiger partial charge in [0.25, 0.3) is 10.2 Å². The Morgan fingerprint density at radius 1 is 1.33 bits per heavy atom. The van der Waals surface area contributed by atoms with Gasteiger partial charge < -0.3 is 19.5 Å². The molecule has 0 aliphatic carbocycles. The van der Waals surface area contributed by atoms with Crippen LogP contribution in [-0.4, -0.2) is 46.8 Å². The van der Waals surface area contributed by atoms with Gasteiger partial charge in [0, 0.05) is 0 Å². The summed E-state index contributed by atoms with van der Waals surface area (Å²) in [5, 5.41) is 26.6. The van der Waals surface area contributed by atoms with Crippen LogP contribution in [0.25, 0.3) is 0 Å². The van der Waals surface area contributed by atoms with Crippen LogP contribution in [0, 0.1) is 20.2 Å². The molecule has 0 saturated carbocycles. The normalized spacial score (nSPS) is 29.8. The van der Waals surface area contributed by atoms with Crippen LogP contribution in [0.5, 0.6) is 0 Å². The Hall–Kier alpha value is -1.68. The van der Waals surface area contributed by atoms with Gasteiger partial charge in [0.05, 0.1) is 13.2 Å². The third-order valence-electron chi connectivity index (χ3n) is 1.82. The zero-order valence-electron chi connectivity index (χ0n) is 7.35. The standard InChI is InChI=1S/C5H8N2O8/c8-1-3-5(15-7(11)12)4(2-13-3)14-6(9)10/h3-5,8H,1-2H2/t3-,4+,5+/m1/s1. The Labute approximate surface area is 82.5 Å². The lowest BCUT2D eigenvalue weighted by Gasteiger charge is -2.17. The molecule has 15 heavy (non-hydrogen) atoms. The Kier molecular flexibility index (Phi) is 3.57. The third-order valence-corrected chi connectivity index (χ3v) is 1.82. The van der Waals surface area contributed by atoms with Gasteiger partial charge in [-0.25, -0.2) is 0 Å². The van der Waals surface area contributed by atoms with Crippen molar-refractivity contribution in [2.45, 2.75) is 18.3 Å². The Bertz CT molecular complexity index is 257. The number of ether oxygens (including phenoxy) is 1. The monoisotopic (exact) mass is 224 g/mol. The molecule has 3 atom stereocenters. The van der Waals surface area contributed by atoms with Crippen molar-refractivity contribution in [1.29, 1.82) is 0 Å². The zero-order valence-corrected chi connectivity index (χ0v) is 7.35. The van der Waals surface area contributed by atoms with E-state index in [-0.39, 0.29) is 6.61 Å². The molecule has 1 N–H and O–H groups in total. The summed E-state index contributed by atoms with van der Waals surface area (Å²) in [6, 6.07) is 0. The summed E-state index contributed by atoms with van der Waals surface area (Å²) in [6.07, 6.45) is -3.50. The highest BCUT2D eigenvalue weighted by Gasteiger charge is 2.42. The van der Waals surface area contributed by atoms with Gasteiger partial charge in [-0.3, -0.25) is 0 Å². The van der Waals surface area contributed by atoms with Gasteiger partial charge in [-0.05, 0) is 0 Å². The topological polar surface area (TPSA) is 134 Å². The van der Waals surface area contributed by atoms with E-state index >= 15 is 0 Å². The van der Waals surface area contributed by atoms with Gasteiger partial charge in [-0.1, -0.05) is 0 Å². The fourth-order valence-corrected chi connectivity index (χ4v) is 1.24. The number of nitrogens with zero attached hydrogens (tertiary/aromatic N) is 2. The highest BCUT2D eigenvalue weighted by Crippen LogP contribution is 2.20. The Morgan fingerprint density at radius 2 is 1.93 bits per heavy atom. The maximum Gasteiger partial charge on any atom is 0.294 e. The molecule has 0 unspecified atom stereocenters. The van der Waals surface area contributed by atoms with Gasteiger partial charge >= 0.3 is 0 Å². The molecular weight excluding hydrogens is 216 g/mol. The van der Waals surface area contributed by atoms with Crippen molar-refractivity contribution in [3.8, 4) is 0 Å². The fraction of sp³-hybridized carbons (Fsp3) is 1.00. The SMILES string of the molecule is O=[N+]([O-])O[C@@H]1[C@@H](O[N+](=O)[O-])CO[C@@H]1CO. The minimum absolute atomic E-state index is 0.245. The molecule has 0 radical (unpaired) electrons. The fourth-order valence-electron chi connectivity index (χ4n) is 1.24. The highest BCUT2D eigenvalue weighted by atomic mass is 17.0. The molecule has 0 aromatic heterocycles. The molecule has 0 aromatic carbocycles. The largest absolute Gasteiger partial charge is 0.394 e. The van der Waals surface area contributed by atoms with E-state index in [0.717, 1.165) is 0 Å². The third kappa shape index (κ3) is 2.89. The van der Waals surface area contributed by atoms with Gasteiger partial charge in [0.15, 0.2) is 12.2 Å². The first-order valence-electron chi connectivity index (χ1n) is 3.89. The van der Waals surface area contributed by atoms with Gasteiger partial charge in [0.1, 0.15) is 6.10 Å². The van der Waals surface area contributed by atoms with Crippen LogP contribution in [0.1, 0.15) is 0 Å². The van der Waals surface area contributed by atoms with E-state index in [2.05, 4.69) is 9.68 Å². The van der Waals surface area contributed by atoms with E-state index in [9.17, 15) is 20.2 Å². The first-order valence-corrected chi connectivity index (χ1v) is 3.89. The van der Waals surface area contributed by atoms with E-state index in [1.54, 1.807) is 0 Å². The van der Waals surface area contributed by atoms with E-state index in [1.165, 1.54) is 0 Å². The molecule has 1 saturated heterocycles. The predicted molar refractivity (Wildman–Crippen MR) is 40.6 cm³/mol. The van der Waals surface area contributed by atoms with Crippen molar-refractivity contribution in [3.05, 3.63) is 20.2 Å². The second-order valence-corrected chi connectivity index (χ2v) is 2.72. The van der Waals surface area contributed by atoms with E-state index in [1.807, 2.05) is 0 Å². The highest BCUT2D eigenvalue weighted by molar-refractivity contribution is 4.84. The number of hydrogen-bond acceptors (Lipinski definition) is 8. The number of aliphatic hydroxyl groups excluding tert-OH is 1. The molecule has 0 bridgehead atoms. The molecule has 0 aromatic rings. The molecule has 1 fully saturated rings. The first-order chi connectivity index (χ1) is 7.04. The van der Waals surface area contributed by atoms with Crippen molar-refractivity contribution < 1.29 is 29.7 Å². The minimum Gasteiger partial charge on any atom is -0.394 e. The van der Waals surface area contributed by atoms with Crippen molar-refractivity contribution in [2.24, 2.45) is 0 Å². The van der Waals surface area contributed by atoms with E-state index < -0.39 is 35.1 Å². The first kappa shape index (κ1) is 11.4. The summed E-state index contributed by atoms with van der Waals surface area (Å²) in [5.74, 6) is 0. The quantitative estimate of drug-likeness (QED) is 0.441. The Morgan fingerprint density at radius 3 is 2.40 bits per heavy atom. The lowest BCUT2D eigenvalue weighted by Crippen LogP contribution is -2.39. The molecule has 86 valence electrons. The van der Waals surface area contributed by atoms with Crippen molar-refractivity contribution in [2.75, 3.05) is 13.2 Å². The summed E-state index contributed by atoms with van der Waals surface area (Å²) >= 11 is 0. The maximum atomic E-state index is 10.1. The van der Waals surface area contributed by atoms with Crippen LogP contribution in [-0.2, 0) is 14.4 Å². The van der Waals surface area contributed by atoms with E-state index in [4.69, 9.17) is 9.84 Å². The summed E-state index contributed by atoms with van der Waals surface area (Å²) in [5.41, 5.74) is 0. The average Bonchev–Trinajstić information content (AvgIpc) is 2.47. The lowest BCUT2D eigenvalue weighted by molar-refractivity contribution is -0.797. The molecule has 1 aliphatic heterocycles. The molecule has 1 heterocycles. The van der Waals surface area contributed by atoms with Crippen molar-refractivity contribution in [1.82, 2.24) is 0 Å². The summed E-state index contributed by atoms with van der Waals surface area (Å²) in [6.45, 7) is -0.791. The average molecular weight is 224 g/mol. The number of aliphatic hydroxyl groups is 1. The van der Waals surface area contributed by atoms with E-state index in [0.29, 0.717) is 0 Å². The van der Waals surface area contributed by atoms with Crippen LogP contribution in [0.4, 0.5) is 0 Å². The number of hydrogen-bond donors (Lipinski definition) is 1. The minimum atomic E-state index is -1.30. The van der Waals surface area contributed by atoms with Crippen molar-refractivity contribution in [3.63, 3.8) is 0 Å². The van der Waals surface area contributed by atoms with Gasteiger partial charge in [0.2, 0.25) is 0 Å². The summed E-state index contributed by atoms with van der Waals surface area (Å²) in [7, 11) is 0. The van der Waals surface area contributed by atoms with Gasteiger partial charge in [-0.15, -0.1) is 20.2 Å². The molecule has 1 rings (SSSR count). The van der Waals surface area contributed by atoms with Crippen LogP contribution in [0.2, 0.25) is 0 Å². The van der Waals surface area contributed by atoms with Crippen LogP contribution in [0.3, 0.4) is 0 Å². The second kappa shape index (κ2) is 4.70. The Balaban J connectivity index is 2.62. The van der Waals surface area contributed by atoms with Crippen molar-refractivity contribution >= 4 is 0 Å². The molecule has 0 amide bonds. The van der Waals surface area contributed by atoms with Crippen LogP contribution < -0.4 is 0 Å². The van der Waals surface area contributed by atoms with Crippen LogP contribution >= 0.6 is 0 Å². The molecule has 1 aliphatic rings. The summed E-state index contributed by atoms with van der Waals surface area (Å²) in [4.78, 5) is 28.3. The zero-order chi connectivity index (χ0) is 11.4. The van der Waals surface area contributed by atoms with Gasteiger partial charge in [-0.2, -0.15) is 0 Å². The number of rotatable bonds is 5. The maximum absolute atomic E-state index is 10.1. The molecule has 0 spiro atoms. The molecule has 10 heteroatoms. The summed E-state index contributed by atoms with van der Waals surface area (Å²) < 4.78 is 4.82. The lowest BCUT2D eigenvalue weighted by atomic mass is 10.1. The molecular formula is C5H8N2O8. The van der Waals surface area contributed by atoms with Crippen LogP contribution in [0.15, 0.2) is 0 Å². The second-order valence-electron chi connectivity index (χ2n) is 2.72. The smallest absolute Gasteiger partial charge is 0.294 e.